The van der Waals surface area contributed by atoms with Gasteiger partial charge in [-0.15, -0.1) is 0 Å². The Kier molecular flexibility index (Phi) is 4.33. The molecular weight excluding hydrogens is 384 g/mol. The topological polar surface area (TPSA) is 79.4 Å². The van der Waals surface area contributed by atoms with Crippen LogP contribution in [0.25, 0.3) is 33.3 Å². The van der Waals surface area contributed by atoms with Crippen LogP contribution in [0.2, 0.25) is 5.02 Å². The summed E-state index contributed by atoms with van der Waals surface area (Å²) in [6, 6.07) is 18.0. The van der Waals surface area contributed by atoms with Gasteiger partial charge in [0.05, 0.1) is 28.6 Å². The van der Waals surface area contributed by atoms with E-state index >= 15 is 0 Å². The first-order chi connectivity index (χ1) is 14.2. The minimum Gasteiger partial charge on any atom is -0.362 e. The van der Waals surface area contributed by atoms with Crippen molar-refractivity contribution in [1.29, 1.82) is 0 Å². The summed E-state index contributed by atoms with van der Waals surface area (Å²) >= 11 is 6.42. The number of anilines is 1. The zero-order valence-corrected chi connectivity index (χ0v) is 16.4. The van der Waals surface area contributed by atoms with Gasteiger partial charge in [-0.25, -0.2) is 19.9 Å². The number of fused-ring (bicyclic) bond motifs is 2. The van der Waals surface area contributed by atoms with Crippen molar-refractivity contribution in [3.63, 3.8) is 0 Å². The van der Waals surface area contributed by atoms with Crippen LogP contribution >= 0.6 is 11.6 Å². The molecule has 0 aliphatic carbocycles. The molecule has 3 aromatic heterocycles. The summed E-state index contributed by atoms with van der Waals surface area (Å²) in [5.74, 6) is 0.675. The molecule has 5 aromatic rings. The molecule has 0 aliphatic heterocycles. The first-order valence-electron chi connectivity index (χ1n) is 9.26. The fourth-order valence-corrected chi connectivity index (χ4v) is 3.71. The molecule has 0 fully saturated rings. The van der Waals surface area contributed by atoms with E-state index in [2.05, 4.69) is 50.4 Å². The van der Waals surface area contributed by atoms with Crippen LogP contribution in [0.1, 0.15) is 18.5 Å². The number of rotatable bonds is 4. The first-order valence-corrected chi connectivity index (χ1v) is 9.64. The predicted molar refractivity (Wildman–Crippen MR) is 116 cm³/mol. The molecule has 0 saturated carbocycles. The number of benzene rings is 2. The molecule has 2 N–H and O–H groups in total. The van der Waals surface area contributed by atoms with E-state index in [0.29, 0.717) is 22.0 Å². The smallest absolute Gasteiger partial charge is 0.162 e. The van der Waals surface area contributed by atoms with E-state index in [1.807, 2.05) is 36.4 Å². The third kappa shape index (κ3) is 3.17. The lowest BCUT2D eigenvalue weighted by Crippen LogP contribution is -2.11. The maximum atomic E-state index is 6.42. The molecule has 1 atom stereocenters. The van der Waals surface area contributed by atoms with Crippen LogP contribution < -0.4 is 5.32 Å². The molecule has 5 rings (SSSR count). The molecule has 142 valence electrons. The van der Waals surface area contributed by atoms with E-state index in [-0.39, 0.29) is 6.04 Å². The van der Waals surface area contributed by atoms with Crippen LogP contribution in [0.4, 0.5) is 5.82 Å². The Morgan fingerprint density at radius 1 is 0.966 bits per heavy atom. The lowest BCUT2D eigenvalue weighted by molar-refractivity contribution is 0.873. The number of nitrogens with zero attached hydrogens (tertiary/aromatic N) is 4. The van der Waals surface area contributed by atoms with Gasteiger partial charge in [0.15, 0.2) is 11.5 Å². The van der Waals surface area contributed by atoms with Crippen molar-refractivity contribution in [1.82, 2.24) is 24.9 Å². The van der Waals surface area contributed by atoms with Gasteiger partial charge in [0.1, 0.15) is 11.8 Å². The maximum Gasteiger partial charge on any atom is 0.162 e. The van der Waals surface area contributed by atoms with Crippen molar-refractivity contribution >= 4 is 39.5 Å². The van der Waals surface area contributed by atoms with Crippen LogP contribution in [0.15, 0.2) is 67.3 Å². The molecule has 0 bridgehead atoms. The van der Waals surface area contributed by atoms with Crippen molar-refractivity contribution in [2.45, 2.75) is 13.0 Å². The largest absolute Gasteiger partial charge is 0.362 e. The Morgan fingerprint density at radius 2 is 1.83 bits per heavy atom. The molecule has 29 heavy (non-hydrogen) atoms. The van der Waals surface area contributed by atoms with Gasteiger partial charge in [0.2, 0.25) is 0 Å². The van der Waals surface area contributed by atoms with Gasteiger partial charge >= 0.3 is 0 Å². The number of imidazole rings is 1. The minimum absolute atomic E-state index is 0.0733. The van der Waals surface area contributed by atoms with Crippen LogP contribution in [0, 0.1) is 0 Å². The number of hydrogen-bond donors (Lipinski definition) is 2. The molecule has 1 unspecified atom stereocenters. The average molecular weight is 401 g/mol. The highest BCUT2D eigenvalue weighted by atomic mass is 35.5. The summed E-state index contributed by atoms with van der Waals surface area (Å²) in [6.45, 7) is 2.08. The lowest BCUT2D eigenvalue weighted by Gasteiger charge is -2.19. The lowest BCUT2D eigenvalue weighted by atomic mass is 9.98. The maximum absolute atomic E-state index is 6.42. The van der Waals surface area contributed by atoms with E-state index in [1.165, 1.54) is 6.33 Å². The highest BCUT2D eigenvalue weighted by Crippen LogP contribution is 2.33. The Morgan fingerprint density at radius 3 is 2.69 bits per heavy atom. The summed E-state index contributed by atoms with van der Waals surface area (Å²) in [5, 5.41) is 5.10. The number of H-pyrrole nitrogens is 1. The molecule has 0 spiro atoms. The van der Waals surface area contributed by atoms with Crippen molar-refractivity contribution in [3.05, 3.63) is 77.8 Å². The normalized spacial score (nSPS) is 12.3. The Bertz CT molecular complexity index is 1320. The van der Waals surface area contributed by atoms with E-state index in [4.69, 9.17) is 16.6 Å². The summed E-state index contributed by atoms with van der Waals surface area (Å²) in [4.78, 5) is 20.9. The van der Waals surface area contributed by atoms with Crippen LogP contribution in [0.5, 0.6) is 0 Å². The number of nitrogens with one attached hydrogen (secondary N) is 2. The van der Waals surface area contributed by atoms with Gasteiger partial charge in [0, 0.05) is 16.5 Å². The monoisotopic (exact) mass is 400 g/mol. The van der Waals surface area contributed by atoms with Gasteiger partial charge in [-0.1, -0.05) is 54.1 Å². The number of aromatic nitrogens is 5. The fraction of sp³-hybridized carbons (Fsp3) is 0.0909. The first kappa shape index (κ1) is 17.6. The van der Waals surface area contributed by atoms with E-state index in [0.717, 1.165) is 27.7 Å². The second-order valence-corrected chi connectivity index (χ2v) is 7.20. The number of halogens is 1. The average Bonchev–Trinajstić information content (AvgIpc) is 3.24. The molecule has 3 heterocycles. The minimum atomic E-state index is -0.0733. The molecule has 2 aromatic carbocycles. The van der Waals surface area contributed by atoms with Gasteiger partial charge < -0.3 is 10.3 Å². The summed E-state index contributed by atoms with van der Waals surface area (Å²) in [7, 11) is 0. The molecule has 0 amide bonds. The number of para-hydroxylation sites is 1. The van der Waals surface area contributed by atoms with E-state index in [9.17, 15) is 0 Å². The standard InChI is InChI=1S/C22H17ClN6/c1-13(28-22-20-21(25-11-24-20)26-12-27-22)16-10-15-8-5-9-17(23)19(15)29-18(16)14-6-3-2-4-7-14/h2-13H,1H3,(H2,24,25,26,27,28). The third-order valence-electron chi connectivity index (χ3n) is 4.91. The highest BCUT2D eigenvalue weighted by Gasteiger charge is 2.18. The number of aromatic amines is 1. The zero-order valence-electron chi connectivity index (χ0n) is 15.6. The molecule has 0 saturated heterocycles. The van der Waals surface area contributed by atoms with Gasteiger partial charge in [-0.2, -0.15) is 0 Å². The van der Waals surface area contributed by atoms with E-state index < -0.39 is 0 Å². The van der Waals surface area contributed by atoms with Crippen LogP contribution in [-0.4, -0.2) is 24.9 Å². The van der Waals surface area contributed by atoms with Crippen molar-refractivity contribution in [3.8, 4) is 11.3 Å². The highest BCUT2D eigenvalue weighted by molar-refractivity contribution is 6.35. The van der Waals surface area contributed by atoms with Gasteiger partial charge in [-0.3, -0.25) is 0 Å². The summed E-state index contributed by atoms with van der Waals surface area (Å²) in [5.41, 5.74) is 5.16. The second-order valence-electron chi connectivity index (χ2n) is 6.79. The number of hydrogen-bond acceptors (Lipinski definition) is 5. The van der Waals surface area contributed by atoms with Crippen LogP contribution in [0.3, 0.4) is 0 Å². The SMILES string of the molecule is CC(Nc1ncnc2[nH]cnc12)c1cc2cccc(Cl)c2nc1-c1ccccc1. The third-order valence-corrected chi connectivity index (χ3v) is 5.22. The predicted octanol–water partition coefficient (Wildman–Crippen LogP) is 5.39. The zero-order chi connectivity index (χ0) is 19.8. The molecule has 0 radical (unpaired) electrons. The Balaban J connectivity index is 1.65. The summed E-state index contributed by atoms with van der Waals surface area (Å²) in [6.07, 6.45) is 3.14. The Labute approximate surface area is 172 Å². The van der Waals surface area contributed by atoms with Crippen LogP contribution in [-0.2, 0) is 0 Å². The van der Waals surface area contributed by atoms with Crippen molar-refractivity contribution in [2.24, 2.45) is 0 Å². The number of pyridine rings is 1. The summed E-state index contributed by atoms with van der Waals surface area (Å²) < 4.78 is 0. The van der Waals surface area contributed by atoms with Crippen molar-refractivity contribution in [2.75, 3.05) is 5.32 Å². The quantitative estimate of drug-likeness (QED) is 0.422. The van der Waals surface area contributed by atoms with E-state index in [1.54, 1.807) is 6.33 Å². The second kappa shape index (κ2) is 7.14. The fourth-order valence-electron chi connectivity index (χ4n) is 3.49. The molecule has 6 nitrogen and oxygen atoms in total. The Hall–Kier alpha value is -3.51. The molecule has 0 aliphatic rings. The van der Waals surface area contributed by atoms with Gasteiger partial charge in [0.25, 0.3) is 0 Å². The van der Waals surface area contributed by atoms with Gasteiger partial charge in [-0.05, 0) is 19.1 Å². The molecule has 7 heteroatoms. The molecular formula is C22H17ClN6. The van der Waals surface area contributed by atoms with Crippen molar-refractivity contribution < 1.29 is 0 Å².